The Balaban J connectivity index is 1.82. The van der Waals surface area contributed by atoms with E-state index < -0.39 is 0 Å². The topological polar surface area (TPSA) is 46.5 Å². The Hall–Kier alpha value is -2.69. The van der Waals surface area contributed by atoms with E-state index in [9.17, 15) is 4.39 Å². The molecule has 1 fully saturated rings. The number of hydrogen-bond acceptors (Lipinski definition) is 2. The summed E-state index contributed by atoms with van der Waals surface area (Å²) in [4.78, 5) is 12.1. The summed E-state index contributed by atoms with van der Waals surface area (Å²) in [6.07, 6.45) is 11.3. The van der Waals surface area contributed by atoms with Crippen LogP contribution in [-0.4, -0.2) is 19.5 Å². The molecule has 1 aliphatic carbocycles. The van der Waals surface area contributed by atoms with Crippen molar-refractivity contribution in [1.29, 1.82) is 0 Å². The summed E-state index contributed by atoms with van der Waals surface area (Å²) >= 11 is 0. The molecule has 0 saturated heterocycles. The van der Waals surface area contributed by atoms with Gasteiger partial charge >= 0.3 is 0 Å². The lowest BCUT2D eigenvalue weighted by Crippen LogP contribution is -2.14. The van der Waals surface area contributed by atoms with Gasteiger partial charge in [-0.1, -0.05) is 19.3 Å². The summed E-state index contributed by atoms with van der Waals surface area (Å²) in [7, 11) is 0. The monoisotopic (exact) mass is 334 g/mol. The predicted molar refractivity (Wildman–Crippen MR) is 96.9 cm³/mol. The van der Waals surface area contributed by atoms with Crippen LogP contribution in [0.1, 0.15) is 38.1 Å². The molecule has 5 heteroatoms. The summed E-state index contributed by atoms with van der Waals surface area (Å²) in [5.74, 6) is -0.307. The van der Waals surface area contributed by atoms with E-state index in [0.717, 1.165) is 27.8 Å². The van der Waals surface area contributed by atoms with Gasteiger partial charge in [0, 0.05) is 29.2 Å². The van der Waals surface area contributed by atoms with E-state index in [2.05, 4.69) is 31.7 Å². The third kappa shape index (κ3) is 2.34. The Morgan fingerprint density at radius 3 is 2.72 bits per heavy atom. The van der Waals surface area contributed by atoms with Gasteiger partial charge in [0.1, 0.15) is 11.5 Å². The highest BCUT2D eigenvalue weighted by atomic mass is 19.1. The lowest BCUT2D eigenvalue weighted by atomic mass is 9.95. The van der Waals surface area contributed by atoms with Gasteiger partial charge in [-0.25, -0.2) is 9.37 Å². The first-order valence-corrected chi connectivity index (χ1v) is 8.90. The zero-order valence-electron chi connectivity index (χ0n) is 13.9. The van der Waals surface area contributed by atoms with Gasteiger partial charge in [-0.05, 0) is 37.1 Å². The molecule has 4 heterocycles. The van der Waals surface area contributed by atoms with E-state index in [0.29, 0.717) is 6.04 Å². The molecule has 0 unspecified atom stereocenters. The van der Waals surface area contributed by atoms with E-state index in [1.807, 2.05) is 12.4 Å². The molecule has 4 aromatic heterocycles. The smallest absolute Gasteiger partial charge is 0.141 e. The van der Waals surface area contributed by atoms with Crippen molar-refractivity contribution in [3.63, 3.8) is 0 Å². The van der Waals surface area contributed by atoms with Crippen LogP contribution in [0.5, 0.6) is 0 Å². The highest BCUT2D eigenvalue weighted by Crippen LogP contribution is 2.39. The molecule has 5 rings (SSSR count). The Bertz CT molecular complexity index is 1040. The highest BCUT2D eigenvalue weighted by molar-refractivity contribution is 6.04. The molecule has 25 heavy (non-hydrogen) atoms. The molecule has 0 radical (unpaired) electrons. The van der Waals surface area contributed by atoms with Crippen LogP contribution in [0.25, 0.3) is 33.3 Å². The van der Waals surface area contributed by atoms with Crippen molar-refractivity contribution in [2.24, 2.45) is 0 Å². The van der Waals surface area contributed by atoms with Gasteiger partial charge in [-0.15, -0.1) is 0 Å². The maximum atomic E-state index is 13.3. The van der Waals surface area contributed by atoms with Gasteiger partial charge in [0.15, 0.2) is 0 Å². The molecule has 1 saturated carbocycles. The molecule has 4 aromatic rings. The second-order valence-corrected chi connectivity index (χ2v) is 6.86. The predicted octanol–water partition coefficient (Wildman–Crippen LogP) is 5.22. The molecule has 0 aromatic carbocycles. The number of fused-ring (bicyclic) bond motifs is 3. The number of nitrogens with one attached hydrogen (secondary N) is 1. The molecule has 0 atom stereocenters. The lowest BCUT2D eigenvalue weighted by Gasteiger charge is -2.26. The SMILES string of the molecule is Fc1ccc(-c2cc3cnc4[nH]ccc4c3n2C2CCCCC2)nc1. The lowest BCUT2D eigenvalue weighted by molar-refractivity contribution is 0.363. The summed E-state index contributed by atoms with van der Waals surface area (Å²) in [5, 5.41) is 2.25. The maximum absolute atomic E-state index is 13.3. The second-order valence-electron chi connectivity index (χ2n) is 6.86. The number of aromatic nitrogens is 4. The first kappa shape index (κ1) is 14.6. The normalized spacial score (nSPS) is 16.0. The molecule has 0 aliphatic heterocycles. The third-order valence-electron chi connectivity index (χ3n) is 5.31. The standard InChI is InChI=1S/C20H19FN4/c21-14-6-7-17(23-12-14)18-10-13-11-24-20-16(8-9-22-20)19(13)25(18)15-4-2-1-3-5-15/h6-12,15H,1-5H2,(H,22,24). The summed E-state index contributed by atoms with van der Waals surface area (Å²) in [6.45, 7) is 0. The molecule has 4 nitrogen and oxygen atoms in total. The molecule has 0 spiro atoms. The van der Waals surface area contributed by atoms with Gasteiger partial charge in [0.05, 0.1) is 23.1 Å². The molecule has 126 valence electrons. The summed E-state index contributed by atoms with van der Waals surface area (Å²) in [6, 6.07) is 7.93. The summed E-state index contributed by atoms with van der Waals surface area (Å²) < 4.78 is 15.8. The zero-order valence-corrected chi connectivity index (χ0v) is 13.9. The number of aromatic amines is 1. The van der Waals surface area contributed by atoms with Gasteiger partial charge in [0.2, 0.25) is 0 Å². The van der Waals surface area contributed by atoms with Crippen LogP contribution in [0, 0.1) is 5.82 Å². The number of nitrogens with zero attached hydrogens (tertiary/aromatic N) is 3. The molecule has 0 bridgehead atoms. The van der Waals surface area contributed by atoms with Gasteiger partial charge in [0.25, 0.3) is 0 Å². The zero-order chi connectivity index (χ0) is 16.8. The molecule has 1 N–H and O–H groups in total. The van der Waals surface area contributed by atoms with Crippen molar-refractivity contribution in [3.8, 4) is 11.4 Å². The van der Waals surface area contributed by atoms with Gasteiger partial charge < -0.3 is 9.55 Å². The minimum Gasteiger partial charge on any atom is -0.346 e. The Morgan fingerprint density at radius 2 is 1.92 bits per heavy atom. The first-order chi connectivity index (χ1) is 12.3. The van der Waals surface area contributed by atoms with Crippen LogP contribution in [0.3, 0.4) is 0 Å². The first-order valence-electron chi connectivity index (χ1n) is 8.90. The van der Waals surface area contributed by atoms with Crippen molar-refractivity contribution < 1.29 is 4.39 Å². The van der Waals surface area contributed by atoms with Crippen molar-refractivity contribution in [3.05, 3.63) is 48.7 Å². The van der Waals surface area contributed by atoms with E-state index in [-0.39, 0.29) is 5.82 Å². The van der Waals surface area contributed by atoms with E-state index in [1.54, 1.807) is 6.07 Å². The third-order valence-corrected chi connectivity index (χ3v) is 5.31. The fourth-order valence-electron chi connectivity index (χ4n) is 4.16. The van der Waals surface area contributed by atoms with Crippen LogP contribution in [0.15, 0.2) is 42.9 Å². The minimum atomic E-state index is -0.307. The Morgan fingerprint density at radius 1 is 1.04 bits per heavy atom. The average molecular weight is 334 g/mol. The fourth-order valence-corrected chi connectivity index (χ4v) is 4.16. The van der Waals surface area contributed by atoms with Crippen molar-refractivity contribution in [2.75, 3.05) is 0 Å². The van der Waals surface area contributed by atoms with E-state index in [1.165, 1.54) is 49.9 Å². The van der Waals surface area contributed by atoms with Crippen LogP contribution in [0.4, 0.5) is 4.39 Å². The van der Waals surface area contributed by atoms with Crippen molar-refractivity contribution in [2.45, 2.75) is 38.1 Å². The van der Waals surface area contributed by atoms with Crippen LogP contribution in [-0.2, 0) is 0 Å². The number of hydrogen-bond donors (Lipinski definition) is 1. The Kier molecular flexibility index (Phi) is 3.33. The Labute approximate surface area is 144 Å². The molecule has 1 aliphatic rings. The molecule has 0 amide bonds. The number of rotatable bonds is 2. The maximum Gasteiger partial charge on any atom is 0.141 e. The minimum absolute atomic E-state index is 0.307. The van der Waals surface area contributed by atoms with E-state index >= 15 is 0 Å². The van der Waals surface area contributed by atoms with Crippen molar-refractivity contribution >= 4 is 21.9 Å². The number of H-pyrrole nitrogens is 1. The van der Waals surface area contributed by atoms with Gasteiger partial charge in [-0.3, -0.25) is 4.98 Å². The largest absolute Gasteiger partial charge is 0.346 e. The van der Waals surface area contributed by atoms with Gasteiger partial charge in [-0.2, -0.15) is 0 Å². The number of pyridine rings is 2. The van der Waals surface area contributed by atoms with Crippen LogP contribution >= 0.6 is 0 Å². The fraction of sp³-hybridized carbons (Fsp3) is 0.300. The average Bonchev–Trinajstić information content (AvgIpc) is 3.27. The quantitative estimate of drug-likeness (QED) is 0.546. The summed E-state index contributed by atoms with van der Waals surface area (Å²) in [5.41, 5.74) is 3.98. The van der Waals surface area contributed by atoms with Crippen LogP contribution < -0.4 is 0 Å². The van der Waals surface area contributed by atoms with E-state index in [4.69, 9.17) is 0 Å². The highest BCUT2D eigenvalue weighted by Gasteiger charge is 2.23. The second kappa shape index (κ2) is 5.69. The number of halogens is 1. The molecular formula is C20H19FN4. The van der Waals surface area contributed by atoms with Crippen LogP contribution in [0.2, 0.25) is 0 Å². The van der Waals surface area contributed by atoms with Crippen molar-refractivity contribution in [1.82, 2.24) is 19.5 Å². The molecular weight excluding hydrogens is 315 g/mol.